The summed E-state index contributed by atoms with van der Waals surface area (Å²) in [6.45, 7) is 6.99. The van der Waals surface area contributed by atoms with E-state index in [1.807, 2.05) is 39.0 Å². The first-order valence-electron chi connectivity index (χ1n) is 6.73. The van der Waals surface area contributed by atoms with E-state index in [9.17, 15) is 4.79 Å². The van der Waals surface area contributed by atoms with Crippen molar-refractivity contribution in [1.29, 1.82) is 0 Å². The van der Waals surface area contributed by atoms with E-state index >= 15 is 0 Å². The average Bonchev–Trinajstić information content (AvgIpc) is 2.35. The van der Waals surface area contributed by atoms with Gasteiger partial charge in [0.25, 0.3) is 0 Å². The Kier molecular flexibility index (Phi) is 6.36. The molecule has 106 valence electrons. The lowest BCUT2D eigenvalue weighted by molar-refractivity contribution is -0.121. The maximum atomic E-state index is 11.5. The van der Waals surface area contributed by atoms with Gasteiger partial charge in [-0.15, -0.1) is 0 Å². The number of rotatable bonds is 7. The highest BCUT2D eigenvalue weighted by Gasteiger charge is 2.09. The molecule has 0 heterocycles. The molecule has 19 heavy (non-hydrogen) atoms. The van der Waals surface area contributed by atoms with Gasteiger partial charge in [-0.25, -0.2) is 0 Å². The molecule has 0 aliphatic carbocycles. The minimum Gasteiger partial charge on any atom is -0.491 e. The standard InChI is InChI=1S/C15H24N2O2/c1-11-6-4-7-12(2)15(11)19-10-13(3)17-14(18)8-5-9-16/h4,6-7,13H,5,8-10,16H2,1-3H3,(H,17,18). The van der Waals surface area contributed by atoms with E-state index in [0.717, 1.165) is 23.3 Å². The van der Waals surface area contributed by atoms with Crippen molar-refractivity contribution < 1.29 is 9.53 Å². The van der Waals surface area contributed by atoms with Crippen molar-refractivity contribution in [3.63, 3.8) is 0 Å². The fourth-order valence-electron chi connectivity index (χ4n) is 1.89. The van der Waals surface area contributed by atoms with Crippen LogP contribution in [0.4, 0.5) is 0 Å². The molecule has 0 fully saturated rings. The van der Waals surface area contributed by atoms with E-state index in [1.54, 1.807) is 0 Å². The van der Waals surface area contributed by atoms with Gasteiger partial charge in [0.15, 0.2) is 0 Å². The van der Waals surface area contributed by atoms with Gasteiger partial charge in [-0.05, 0) is 44.9 Å². The van der Waals surface area contributed by atoms with Crippen LogP contribution in [0.2, 0.25) is 0 Å². The molecule has 4 nitrogen and oxygen atoms in total. The number of carbonyl (C=O) groups excluding carboxylic acids is 1. The van der Waals surface area contributed by atoms with Crippen LogP contribution in [-0.4, -0.2) is 25.1 Å². The number of carbonyl (C=O) groups is 1. The summed E-state index contributed by atoms with van der Waals surface area (Å²) in [6, 6.07) is 6.04. The molecule has 4 heteroatoms. The normalized spacial score (nSPS) is 12.0. The van der Waals surface area contributed by atoms with E-state index in [0.29, 0.717) is 19.6 Å². The Morgan fingerprint density at radius 1 is 1.37 bits per heavy atom. The van der Waals surface area contributed by atoms with Crippen LogP contribution in [0.5, 0.6) is 5.75 Å². The SMILES string of the molecule is Cc1cccc(C)c1OCC(C)NC(=O)CCCN. The lowest BCUT2D eigenvalue weighted by Crippen LogP contribution is -2.37. The van der Waals surface area contributed by atoms with Gasteiger partial charge in [-0.2, -0.15) is 0 Å². The topological polar surface area (TPSA) is 64.3 Å². The molecule has 0 bridgehead atoms. The van der Waals surface area contributed by atoms with Crippen molar-refractivity contribution in [1.82, 2.24) is 5.32 Å². The Morgan fingerprint density at radius 2 is 2.00 bits per heavy atom. The van der Waals surface area contributed by atoms with Crippen molar-refractivity contribution in [3.05, 3.63) is 29.3 Å². The molecule has 3 N–H and O–H groups in total. The second-order valence-electron chi connectivity index (χ2n) is 4.89. The van der Waals surface area contributed by atoms with Gasteiger partial charge in [0, 0.05) is 6.42 Å². The molecule has 0 aliphatic heterocycles. The zero-order valence-electron chi connectivity index (χ0n) is 12.0. The minimum absolute atomic E-state index is 0.00993. The van der Waals surface area contributed by atoms with E-state index in [2.05, 4.69) is 5.32 Å². The number of hydrogen-bond donors (Lipinski definition) is 2. The summed E-state index contributed by atoms with van der Waals surface area (Å²) in [7, 11) is 0. The number of para-hydroxylation sites is 1. The number of benzene rings is 1. The Morgan fingerprint density at radius 3 is 2.58 bits per heavy atom. The fourth-order valence-corrected chi connectivity index (χ4v) is 1.89. The van der Waals surface area contributed by atoms with Gasteiger partial charge in [0.05, 0.1) is 6.04 Å². The van der Waals surface area contributed by atoms with Crippen LogP contribution < -0.4 is 15.8 Å². The maximum absolute atomic E-state index is 11.5. The van der Waals surface area contributed by atoms with Gasteiger partial charge in [0.1, 0.15) is 12.4 Å². The molecule has 1 unspecified atom stereocenters. The molecule has 0 aliphatic rings. The van der Waals surface area contributed by atoms with Gasteiger partial charge in [0.2, 0.25) is 5.91 Å². The highest BCUT2D eigenvalue weighted by atomic mass is 16.5. The van der Waals surface area contributed by atoms with Crippen LogP contribution in [-0.2, 0) is 4.79 Å². The van der Waals surface area contributed by atoms with Crippen molar-refractivity contribution in [2.24, 2.45) is 5.73 Å². The minimum atomic E-state index is -0.00993. The van der Waals surface area contributed by atoms with E-state index in [-0.39, 0.29) is 11.9 Å². The summed E-state index contributed by atoms with van der Waals surface area (Å²) in [6.07, 6.45) is 1.19. The predicted octanol–water partition coefficient (Wildman–Crippen LogP) is 1.93. The van der Waals surface area contributed by atoms with Gasteiger partial charge >= 0.3 is 0 Å². The number of amides is 1. The van der Waals surface area contributed by atoms with Crippen molar-refractivity contribution >= 4 is 5.91 Å². The van der Waals surface area contributed by atoms with Crippen LogP contribution in [0.15, 0.2) is 18.2 Å². The molecule has 0 aromatic heterocycles. The third kappa shape index (κ3) is 5.30. The molecule has 0 saturated heterocycles. The average molecular weight is 264 g/mol. The largest absolute Gasteiger partial charge is 0.491 e. The Balaban J connectivity index is 2.42. The molecular weight excluding hydrogens is 240 g/mol. The van der Waals surface area contributed by atoms with Gasteiger partial charge in [-0.1, -0.05) is 18.2 Å². The molecule has 1 rings (SSSR count). The maximum Gasteiger partial charge on any atom is 0.220 e. The Hall–Kier alpha value is -1.55. The number of nitrogens with one attached hydrogen (secondary N) is 1. The highest BCUT2D eigenvalue weighted by Crippen LogP contribution is 2.22. The number of aryl methyl sites for hydroxylation is 2. The first kappa shape index (κ1) is 15.5. The van der Waals surface area contributed by atoms with Crippen molar-refractivity contribution in [3.8, 4) is 5.75 Å². The summed E-state index contributed by atoms with van der Waals surface area (Å²) in [5.74, 6) is 0.939. The molecular formula is C15H24N2O2. The molecule has 0 spiro atoms. The molecule has 1 aromatic carbocycles. The first-order chi connectivity index (χ1) is 9.04. The zero-order valence-corrected chi connectivity index (χ0v) is 12.0. The highest BCUT2D eigenvalue weighted by molar-refractivity contribution is 5.76. The molecule has 0 radical (unpaired) electrons. The number of hydrogen-bond acceptors (Lipinski definition) is 3. The van der Waals surface area contributed by atoms with Crippen molar-refractivity contribution in [2.45, 2.75) is 39.7 Å². The second-order valence-corrected chi connectivity index (χ2v) is 4.89. The smallest absolute Gasteiger partial charge is 0.220 e. The van der Waals surface area contributed by atoms with Crippen LogP contribution >= 0.6 is 0 Å². The number of ether oxygens (including phenoxy) is 1. The zero-order chi connectivity index (χ0) is 14.3. The molecule has 0 saturated carbocycles. The first-order valence-corrected chi connectivity index (χ1v) is 6.73. The van der Waals surface area contributed by atoms with Crippen LogP contribution in [0.1, 0.15) is 30.9 Å². The third-order valence-corrected chi connectivity index (χ3v) is 2.90. The lowest BCUT2D eigenvalue weighted by atomic mass is 10.1. The quantitative estimate of drug-likeness (QED) is 0.791. The summed E-state index contributed by atoms with van der Waals surface area (Å²) in [5.41, 5.74) is 7.60. The second kappa shape index (κ2) is 7.79. The predicted molar refractivity (Wildman–Crippen MR) is 77.3 cm³/mol. The third-order valence-electron chi connectivity index (χ3n) is 2.90. The summed E-state index contributed by atoms with van der Waals surface area (Å²) in [4.78, 5) is 11.5. The Bertz CT molecular complexity index is 398. The van der Waals surface area contributed by atoms with Crippen LogP contribution in [0.3, 0.4) is 0 Å². The van der Waals surface area contributed by atoms with E-state index in [1.165, 1.54) is 0 Å². The van der Waals surface area contributed by atoms with E-state index in [4.69, 9.17) is 10.5 Å². The molecule has 1 aromatic rings. The number of nitrogens with two attached hydrogens (primary N) is 1. The molecule has 1 amide bonds. The van der Waals surface area contributed by atoms with Gasteiger partial charge < -0.3 is 15.8 Å². The van der Waals surface area contributed by atoms with Gasteiger partial charge in [-0.3, -0.25) is 4.79 Å². The summed E-state index contributed by atoms with van der Waals surface area (Å²) in [5, 5.41) is 2.90. The fraction of sp³-hybridized carbons (Fsp3) is 0.533. The summed E-state index contributed by atoms with van der Waals surface area (Å²) < 4.78 is 5.80. The van der Waals surface area contributed by atoms with E-state index < -0.39 is 0 Å². The summed E-state index contributed by atoms with van der Waals surface area (Å²) >= 11 is 0. The monoisotopic (exact) mass is 264 g/mol. The van der Waals surface area contributed by atoms with Crippen LogP contribution in [0.25, 0.3) is 0 Å². The van der Waals surface area contributed by atoms with Crippen molar-refractivity contribution in [2.75, 3.05) is 13.2 Å². The molecule has 1 atom stereocenters. The lowest BCUT2D eigenvalue weighted by Gasteiger charge is -2.17. The Labute approximate surface area is 115 Å². The van der Waals surface area contributed by atoms with Crippen LogP contribution in [0, 0.1) is 13.8 Å².